The van der Waals surface area contributed by atoms with Crippen molar-refractivity contribution in [3.05, 3.63) is 28.8 Å². The summed E-state index contributed by atoms with van der Waals surface area (Å²) in [5, 5.41) is 5.11. The van der Waals surface area contributed by atoms with Crippen molar-refractivity contribution in [1.82, 2.24) is 10.6 Å². The summed E-state index contributed by atoms with van der Waals surface area (Å²) >= 11 is 5.91. The number of halogens is 1. The molecule has 1 fully saturated rings. The molecule has 0 saturated carbocycles. The van der Waals surface area contributed by atoms with Crippen LogP contribution in [0.3, 0.4) is 0 Å². The van der Waals surface area contributed by atoms with Gasteiger partial charge in [0.1, 0.15) is 5.75 Å². The Balaban J connectivity index is 2.61. The van der Waals surface area contributed by atoms with Gasteiger partial charge in [-0.1, -0.05) is 11.6 Å². The zero-order valence-electron chi connectivity index (χ0n) is 9.62. The summed E-state index contributed by atoms with van der Waals surface area (Å²) in [4.78, 5) is 23.3. The highest BCUT2D eigenvalue weighted by molar-refractivity contribution is 6.30. The number of hydrogen-bond donors (Lipinski definition) is 3. The van der Waals surface area contributed by atoms with Crippen LogP contribution in [0, 0.1) is 0 Å². The number of nitrogens with one attached hydrogen (secondary N) is 2. The first kappa shape index (κ1) is 12.7. The van der Waals surface area contributed by atoms with Crippen molar-refractivity contribution in [2.24, 2.45) is 5.73 Å². The molecule has 2 rings (SSSR count). The number of urea groups is 1. The quantitative estimate of drug-likeness (QED) is 0.690. The van der Waals surface area contributed by atoms with Crippen molar-refractivity contribution >= 4 is 23.5 Å². The van der Waals surface area contributed by atoms with Crippen molar-refractivity contribution in [2.75, 3.05) is 13.7 Å². The molecule has 0 radical (unpaired) electrons. The lowest BCUT2D eigenvalue weighted by atomic mass is 9.89. The standard InChI is InChI=1S/C11H12ClN3O3/c1-18-8-3-2-6(12)4-7(8)11(5-13)9(16)14-10(17)15-11/h2-4H,5,13H2,1H3,(H2,14,15,16,17). The first-order valence-electron chi connectivity index (χ1n) is 5.21. The normalized spacial score (nSPS) is 22.6. The van der Waals surface area contributed by atoms with Gasteiger partial charge in [0.2, 0.25) is 0 Å². The monoisotopic (exact) mass is 269 g/mol. The van der Waals surface area contributed by atoms with Crippen molar-refractivity contribution in [2.45, 2.75) is 5.54 Å². The van der Waals surface area contributed by atoms with E-state index in [4.69, 9.17) is 22.1 Å². The number of methoxy groups -OCH3 is 1. The third-order valence-corrected chi connectivity index (χ3v) is 3.10. The van der Waals surface area contributed by atoms with Crippen molar-refractivity contribution < 1.29 is 14.3 Å². The van der Waals surface area contributed by atoms with Gasteiger partial charge in [-0.2, -0.15) is 0 Å². The van der Waals surface area contributed by atoms with Crippen LogP contribution in [0.4, 0.5) is 4.79 Å². The minimum atomic E-state index is -1.34. The summed E-state index contributed by atoms with van der Waals surface area (Å²) < 4.78 is 5.18. The van der Waals surface area contributed by atoms with Crippen LogP contribution in [0.5, 0.6) is 5.75 Å². The Morgan fingerprint density at radius 3 is 2.67 bits per heavy atom. The van der Waals surface area contributed by atoms with Crippen LogP contribution in [0.2, 0.25) is 5.02 Å². The Bertz CT molecular complexity index is 520. The first-order chi connectivity index (χ1) is 8.53. The summed E-state index contributed by atoms with van der Waals surface area (Å²) in [5.74, 6) is -0.0854. The topological polar surface area (TPSA) is 93.4 Å². The lowest BCUT2D eigenvalue weighted by Crippen LogP contribution is -2.50. The second-order valence-electron chi connectivity index (χ2n) is 3.86. The zero-order chi connectivity index (χ0) is 13.3. The lowest BCUT2D eigenvalue weighted by molar-refractivity contribution is -0.124. The van der Waals surface area contributed by atoms with E-state index in [1.807, 2.05) is 0 Å². The Morgan fingerprint density at radius 1 is 1.44 bits per heavy atom. The van der Waals surface area contributed by atoms with Crippen molar-refractivity contribution in [1.29, 1.82) is 0 Å². The first-order valence-corrected chi connectivity index (χ1v) is 5.59. The number of carbonyl (C=O) groups is 2. The highest BCUT2D eigenvalue weighted by Crippen LogP contribution is 2.33. The van der Waals surface area contributed by atoms with E-state index in [-0.39, 0.29) is 6.54 Å². The zero-order valence-corrected chi connectivity index (χ0v) is 10.4. The molecule has 18 heavy (non-hydrogen) atoms. The molecule has 0 aliphatic carbocycles. The largest absolute Gasteiger partial charge is 0.496 e. The molecule has 1 heterocycles. The Kier molecular flexibility index (Phi) is 3.14. The lowest BCUT2D eigenvalue weighted by Gasteiger charge is -2.26. The number of ether oxygens (including phenoxy) is 1. The molecule has 7 heteroatoms. The van der Waals surface area contributed by atoms with Gasteiger partial charge < -0.3 is 15.8 Å². The molecule has 1 atom stereocenters. The number of imide groups is 1. The fourth-order valence-corrected chi connectivity index (χ4v) is 2.12. The molecular weight excluding hydrogens is 258 g/mol. The minimum Gasteiger partial charge on any atom is -0.496 e. The minimum absolute atomic E-state index is 0.0960. The summed E-state index contributed by atoms with van der Waals surface area (Å²) in [6.45, 7) is -0.0960. The average molecular weight is 270 g/mol. The maximum atomic E-state index is 11.9. The Labute approximate surface area is 108 Å². The van der Waals surface area contributed by atoms with E-state index in [2.05, 4.69) is 10.6 Å². The third kappa shape index (κ3) is 1.79. The number of rotatable bonds is 3. The summed E-state index contributed by atoms with van der Waals surface area (Å²) in [6, 6.07) is 4.21. The fourth-order valence-electron chi connectivity index (χ4n) is 1.95. The molecular formula is C11H12ClN3O3. The number of benzene rings is 1. The smallest absolute Gasteiger partial charge is 0.322 e. The van der Waals surface area contributed by atoms with Crippen molar-refractivity contribution in [3.8, 4) is 5.75 Å². The number of carbonyl (C=O) groups excluding carboxylic acids is 2. The van der Waals surface area contributed by atoms with Crippen LogP contribution < -0.4 is 21.1 Å². The van der Waals surface area contributed by atoms with Gasteiger partial charge in [-0.15, -0.1) is 0 Å². The average Bonchev–Trinajstić information content (AvgIpc) is 2.64. The van der Waals surface area contributed by atoms with E-state index in [0.29, 0.717) is 16.3 Å². The number of amides is 3. The highest BCUT2D eigenvalue weighted by Gasteiger charge is 2.48. The van der Waals surface area contributed by atoms with Gasteiger partial charge in [0.05, 0.1) is 7.11 Å². The van der Waals surface area contributed by atoms with Crippen LogP contribution in [0.1, 0.15) is 5.56 Å². The molecule has 3 amide bonds. The molecule has 0 bridgehead atoms. The molecule has 1 aliphatic heterocycles. The van der Waals surface area contributed by atoms with E-state index in [0.717, 1.165) is 0 Å². The second-order valence-corrected chi connectivity index (χ2v) is 4.30. The van der Waals surface area contributed by atoms with Crippen LogP contribution in [-0.2, 0) is 10.3 Å². The second kappa shape index (κ2) is 4.47. The van der Waals surface area contributed by atoms with Gasteiger partial charge in [0.15, 0.2) is 5.54 Å². The fraction of sp³-hybridized carbons (Fsp3) is 0.273. The van der Waals surface area contributed by atoms with Gasteiger partial charge >= 0.3 is 6.03 Å². The van der Waals surface area contributed by atoms with Gasteiger partial charge in [-0.05, 0) is 18.2 Å². The predicted molar refractivity (Wildman–Crippen MR) is 65.4 cm³/mol. The predicted octanol–water partition coefficient (Wildman–Crippen LogP) is 0.342. The Hall–Kier alpha value is -1.79. The molecule has 1 unspecified atom stereocenters. The summed E-state index contributed by atoms with van der Waals surface area (Å²) in [6.07, 6.45) is 0. The van der Waals surface area contributed by atoms with E-state index in [1.54, 1.807) is 18.2 Å². The number of nitrogens with two attached hydrogens (primary N) is 1. The van der Waals surface area contributed by atoms with Crippen LogP contribution >= 0.6 is 11.6 Å². The van der Waals surface area contributed by atoms with Crippen LogP contribution in [0.15, 0.2) is 18.2 Å². The highest BCUT2D eigenvalue weighted by atomic mass is 35.5. The van der Waals surface area contributed by atoms with Gasteiger partial charge in [0, 0.05) is 17.1 Å². The molecule has 6 nitrogen and oxygen atoms in total. The van der Waals surface area contributed by atoms with E-state index in [1.165, 1.54) is 7.11 Å². The molecule has 1 aromatic carbocycles. The molecule has 0 aromatic heterocycles. The number of hydrogen-bond acceptors (Lipinski definition) is 4. The maximum Gasteiger partial charge on any atom is 0.322 e. The molecule has 4 N–H and O–H groups in total. The van der Waals surface area contributed by atoms with E-state index >= 15 is 0 Å². The molecule has 1 saturated heterocycles. The van der Waals surface area contributed by atoms with Crippen molar-refractivity contribution in [3.63, 3.8) is 0 Å². The van der Waals surface area contributed by atoms with E-state index in [9.17, 15) is 9.59 Å². The third-order valence-electron chi connectivity index (χ3n) is 2.87. The summed E-state index contributed by atoms with van der Waals surface area (Å²) in [5.41, 5.74) is 4.75. The van der Waals surface area contributed by atoms with Crippen LogP contribution in [0.25, 0.3) is 0 Å². The molecule has 96 valence electrons. The Morgan fingerprint density at radius 2 is 2.17 bits per heavy atom. The van der Waals surface area contributed by atoms with Gasteiger partial charge in [-0.3, -0.25) is 10.1 Å². The SMILES string of the molecule is COc1ccc(Cl)cc1C1(CN)NC(=O)NC1=O. The van der Waals surface area contributed by atoms with Gasteiger partial charge in [-0.25, -0.2) is 4.79 Å². The molecule has 0 spiro atoms. The molecule has 1 aromatic rings. The molecule has 1 aliphatic rings. The van der Waals surface area contributed by atoms with Gasteiger partial charge in [0.25, 0.3) is 5.91 Å². The van der Waals surface area contributed by atoms with Crippen LogP contribution in [-0.4, -0.2) is 25.6 Å². The maximum absolute atomic E-state index is 11.9. The van der Waals surface area contributed by atoms with E-state index < -0.39 is 17.5 Å². The summed E-state index contributed by atoms with van der Waals surface area (Å²) in [7, 11) is 1.46.